The standard InChI is InChI=1S/C22H21F6N3O3/c23-21(24,25)17-3-1-2-4-18(17)29-19(32)14-30-9-11-31(12-10-30)20(33)13-15-5-7-16(8-6-15)34-22(26,27)28/h1-8H,9-14H2,(H,29,32). The van der Waals surface area contributed by atoms with Crippen LogP contribution in [0, 0.1) is 0 Å². The smallest absolute Gasteiger partial charge is 0.406 e. The highest BCUT2D eigenvalue weighted by atomic mass is 19.4. The van der Waals surface area contributed by atoms with E-state index in [9.17, 15) is 35.9 Å². The van der Waals surface area contributed by atoms with Gasteiger partial charge in [-0.1, -0.05) is 24.3 Å². The first-order valence-electron chi connectivity index (χ1n) is 10.2. The number of rotatable bonds is 6. The summed E-state index contributed by atoms with van der Waals surface area (Å²) in [6.07, 6.45) is -9.40. The van der Waals surface area contributed by atoms with Crippen molar-refractivity contribution in [3.05, 3.63) is 59.7 Å². The normalized spacial score (nSPS) is 15.2. The molecule has 0 atom stereocenters. The Morgan fingerprint density at radius 2 is 1.50 bits per heavy atom. The van der Waals surface area contributed by atoms with Gasteiger partial charge in [0.2, 0.25) is 11.8 Å². The SMILES string of the molecule is O=C(CN1CCN(C(=O)Cc2ccc(OC(F)(F)F)cc2)CC1)Nc1ccccc1C(F)(F)F. The van der Waals surface area contributed by atoms with Crippen molar-refractivity contribution in [2.45, 2.75) is 19.0 Å². The quantitative estimate of drug-likeness (QED) is 0.625. The Labute approximate surface area is 191 Å². The molecule has 1 N–H and O–H groups in total. The van der Waals surface area contributed by atoms with Crippen molar-refractivity contribution < 1.29 is 40.7 Å². The molecule has 0 radical (unpaired) electrons. The van der Waals surface area contributed by atoms with E-state index in [-0.39, 0.29) is 30.3 Å². The summed E-state index contributed by atoms with van der Waals surface area (Å²) >= 11 is 0. The second kappa shape index (κ2) is 10.3. The maximum Gasteiger partial charge on any atom is 0.573 e. The Balaban J connectivity index is 1.46. The summed E-state index contributed by atoms with van der Waals surface area (Å²) in [7, 11) is 0. The molecule has 1 aliphatic heterocycles. The first-order chi connectivity index (χ1) is 15.9. The largest absolute Gasteiger partial charge is 0.573 e. The number of halogens is 6. The van der Waals surface area contributed by atoms with E-state index in [1.165, 1.54) is 30.3 Å². The van der Waals surface area contributed by atoms with Crippen molar-refractivity contribution in [3.63, 3.8) is 0 Å². The van der Waals surface area contributed by atoms with Gasteiger partial charge in [-0.05, 0) is 29.8 Å². The number of amides is 2. The molecule has 1 aliphatic rings. The molecule has 1 fully saturated rings. The van der Waals surface area contributed by atoms with Gasteiger partial charge in [-0.25, -0.2) is 0 Å². The molecule has 6 nitrogen and oxygen atoms in total. The highest BCUT2D eigenvalue weighted by Gasteiger charge is 2.34. The lowest BCUT2D eigenvalue weighted by atomic mass is 10.1. The Hall–Kier alpha value is -3.28. The van der Waals surface area contributed by atoms with Crippen molar-refractivity contribution in [2.75, 3.05) is 38.0 Å². The maximum atomic E-state index is 13.1. The van der Waals surface area contributed by atoms with E-state index in [1.54, 1.807) is 9.80 Å². The van der Waals surface area contributed by atoms with Crippen LogP contribution in [0.1, 0.15) is 11.1 Å². The fourth-order valence-corrected chi connectivity index (χ4v) is 3.48. The molecule has 184 valence electrons. The van der Waals surface area contributed by atoms with Crippen molar-refractivity contribution in [3.8, 4) is 5.75 Å². The molecule has 2 amide bonds. The maximum absolute atomic E-state index is 13.1. The Morgan fingerprint density at radius 3 is 2.09 bits per heavy atom. The number of alkyl halides is 6. The lowest BCUT2D eigenvalue weighted by Gasteiger charge is -2.34. The number of carbonyl (C=O) groups is 2. The van der Waals surface area contributed by atoms with E-state index in [4.69, 9.17) is 0 Å². The lowest BCUT2D eigenvalue weighted by molar-refractivity contribution is -0.274. The number of benzene rings is 2. The van der Waals surface area contributed by atoms with Crippen LogP contribution >= 0.6 is 0 Å². The van der Waals surface area contributed by atoms with Crippen LogP contribution in [0.4, 0.5) is 32.0 Å². The Bertz CT molecular complexity index is 1000. The number of ether oxygens (including phenoxy) is 1. The molecule has 1 saturated heterocycles. The van der Waals surface area contributed by atoms with Gasteiger partial charge in [-0.3, -0.25) is 14.5 Å². The van der Waals surface area contributed by atoms with E-state index in [2.05, 4.69) is 10.1 Å². The summed E-state index contributed by atoms with van der Waals surface area (Å²) in [5.74, 6) is -1.21. The van der Waals surface area contributed by atoms with Crippen LogP contribution < -0.4 is 10.1 Å². The molecule has 0 bridgehead atoms. The fraction of sp³-hybridized carbons (Fsp3) is 0.364. The van der Waals surface area contributed by atoms with Gasteiger partial charge in [-0.15, -0.1) is 13.2 Å². The number of para-hydroxylation sites is 1. The van der Waals surface area contributed by atoms with Gasteiger partial charge in [-0.2, -0.15) is 13.2 Å². The molecular formula is C22H21F6N3O3. The topological polar surface area (TPSA) is 61.9 Å². The average molecular weight is 489 g/mol. The number of hydrogen-bond acceptors (Lipinski definition) is 4. The zero-order valence-electron chi connectivity index (χ0n) is 17.7. The van der Waals surface area contributed by atoms with E-state index < -0.39 is 24.0 Å². The predicted molar refractivity (Wildman–Crippen MR) is 110 cm³/mol. The highest BCUT2D eigenvalue weighted by molar-refractivity contribution is 5.93. The number of nitrogens with one attached hydrogen (secondary N) is 1. The number of anilines is 1. The minimum atomic E-state index is -4.80. The molecular weight excluding hydrogens is 468 g/mol. The fourth-order valence-electron chi connectivity index (χ4n) is 3.48. The third-order valence-electron chi connectivity index (χ3n) is 5.11. The van der Waals surface area contributed by atoms with Crippen LogP contribution in [0.5, 0.6) is 5.75 Å². The van der Waals surface area contributed by atoms with Gasteiger partial charge in [0.05, 0.1) is 24.2 Å². The summed E-state index contributed by atoms with van der Waals surface area (Å²) in [6, 6.07) is 9.70. The van der Waals surface area contributed by atoms with Gasteiger partial charge in [0, 0.05) is 26.2 Å². The second-order valence-electron chi connectivity index (χ2n) is 7.62. The van der Waals surface area contributed by atoms with E-state index in [1.807, 2.05) is 0 Å². The van der Waals surface area contributed by atoms with Crippen LogP contribution in [-0.2, 0) is 22.2 Å². The van der Waals surface area contributed by atoms with Crippen LogP contribution in [-0.4, -0.2) is 60.7 Å². The minimum Gasteiger partial charge on any atom is -0.406 e. The zero-order valence-corrected chi connectivity index (χ0v) is 17.7. The number of nitrogens with zero attached hydrogens (tertiary/aromatic N) is 2. The van der Waals surface area contributed by atoms with Crippen LogP contribution in [0.2, 0.25) is 0 Å². The van der Waals surface area contributed by atoms with Gasteiger partial charge >= 0.3 is 12.5 Å². The zero-order chi connectivity index (χ0) is 24.9. The summed E-state index contributed by atoms with van der Waals surface area (Å²) in [5.41, 5.74) is -0.734. The van der Waals surface area contributed by atoms with E-state index in [0.717, 1.165) is 18.2 Å². The third kappa shape index (κ3) is 7.37. The molecule has 12 heteroatoms. The van der Waals surface area contributed by atoms with Crippen molar-refractivity contribution in [2.24, 2.45) is 0 Å². The summed E-state index contributed by atoms with van der Waals surface area (Å²) in [6.45, 7) is 1.17. The molecule has 0 saturated carbocycles. The van der Waals surface area contributed by atoms with Crippen molar-refractivity contribution in [1.82, 2.24) is 9.80 Å². The van der Waals surface area contributed by atoms with Crippen molar-refractivity contribution in [1.29, 1.82) is 0 Å². The van der Waals surface area contributed by atoms with E-state index >= 15 is 0 Å². The number of piperazine rings is 1. The first-order valence-corrected chi connectivity index (χ1v) is 10.2. The molecule has 0 unspecified atom stereocenters. The van der Waals surface area contributed by atoms with Crippen LogP contribution in [0.15, 0.2) is 48.5 Å². The van der Waals surface area contributed by atoms with Gasteiger partial charge in [0.1, 0.15) is 5.75 Å². The van der Waals surface area contributed by atoms with Crippen molar-refractivity contribution >= 4 is 17.5 Å². The molecule has 0 aliphatic carbocycles. The molecule has 0 spiro atoms. The highest BCUT2D eigenvalue weighted by Crippen LogP contribution is 2.34. The molecule has 3 rings (SSSR count). The van der Waals surface area contributed by atoms with Gasteiger partial charge < -0.3 is 15.0 Å². The lowest BCUT2D eigenvalue weighted by Crippen LogP contribution is -2.50. The van der Waals surface area contributed by atoms with Crippen LogP contribution in [0.3, 0.4) is 0 Å². The molecule has 1 heterocycles. The Kier molecular flexibility index (Phi) is 7.70. The average Bonchev–Trinajstić information content (AvgIpc) is 2.74. The van der Waals surface area contributed by atoms with Gasteiger partial charge in [0.25, 0.3) is 0 Å². The monoisotopic (exact) mass is 489 g/mol. The summed E-state index contributed by atoms with van der Waals surface area (Å²) < 4.78 is 79.7. The van der Waals surface area contributed by atoms with Gasteiger partial charge in [0.15, 0.2) is 0 Å². The Morgan fingerprint density at radius 1 is 0.882 bits per heavy atom. The first kappa shape index (κ1) is 25.3. The minimum absolute atomic E-state index is 0.0129. The molecule has 34 heavy (non-hydrogen) atoms. The summed E-state index contributed by atoms with van der Waals surface area (Å²) in [5, 5.41) is 2.29. The molecule has 2 aromatic carbocycles. The molecule has 2 aromatic rings. The number of carbonyl (C=O) groups excluding carboxylic acids is 2. The third-order valence-corrected chi connectivity index (χ3v) is 5.11. The summed E-state index contributed by atoms with van der Waals surface area (Å²) in [4.78, 5) is 28.0. The predicted octanol–water partition coefficient (Wildman–Crippen LogP) is 3.93. The number of hydrogen-bond donors (Lipinski definition) is 1. The second-order valence-corrected chi connectivity index (χ2v) is 7.62. The van der Waals surface area contributed by atoms with E-state index in [0.29, 0.717) is 31.7 Å². The van der Waals surface area contributed by atoms with Crippen LogP contribution in [0.25, 0.3) is 0 Å². The molecule has 0 aromatic heterocycles.